The van der Waals surface area contributed by atoms with Gasteiger partial charge in [0, 0.05) is 12.6 Å². The van der Waals surface area contributed by atoms with Crippen molar-refractivity contribution in [1.82, 2.24) is 25.2 Å². The van der Waals surface area contributed by atoms with Gasteiger partial charge >= 0.3 is 0 Å². The lowest BCUT2D eigenvalue weighted by Crippen LogP contribution is -2.35. The van der Waals surface area contributed by atoms with E-state index in [1.807, 2.05) is 12.4 Å². The Morgan fingerprint density at radius 2 is 2.23 bits per heavy atom. The van der Waals surface area contributed by atoms with Crippen molar-refractivity contribution in [2.45, 2.75) is 57.9 Å². The summed E-state index contributed by atoms with van der Waals surface area (Å²) < 4.78 is 5.46. The molecule has 2 aromatic heterocycles. The Morgan fingerprint density at radius 1 is 1.41 bits per heavy atom. The maximum Gasteiger partial charge on any atom is 0.243 e. The van der Waals surface area contributed by atoms with Gasteiger partial charge in [-0.05, 0) is 50.8 Å². The smallest absolute Gasteiger partial charge is 0.243 e. The predicted octanol–water partition coefficient (Wildman–Crippen LogP) is 3.08. The van der Waals surface area contributed by atoms with Gasteiger partial charge in [-0.1, -0.05) is 18.5 Å². The van der Waals surface area contributed by atoms with Crippen molar-refractivity contribution in [1.29, 1.82) is 0 Å². The number of likely N-dealkylation sites (tertiary alicyclic amines) is 1. The number of hydrogen-bond acceptors (Lipinski definition) is 5. The van der Waals surface area contributed by atoms with Gasteiger partial charge in [0.2, 0.25) is 5.89 Å². The monoisotopic (exact) mass is 303 g/mol. The van der Waals surface area contributed by atoms with Crippen LogP contribution in [0, 0.1) is 0 Å². The first-order valence-corrected chi connectivity index (χ1v) is 8.33. The van der Waals surface area contributed by atoms with Crippen LogP contribution in [0.1, 0.15) is 68.8 Å². The van der Waals surface area contributed by atoms with Crippen molar-refractivity contribution in [2.24, 2.45) is 0 Å². The molecule has 120 valence electrons. The molecule has 1 N–H and O–H groups in total. The summed E-state index contributed by atoms with van der Waals surface area (Å²) in [6.45, 7) is 6.45. The first-order valence-electron chi connectivity index (χ1n) is 8.33. The van der Waals surface area contributed by atoms with E-state index in [1.54, 1.807) is 0 Å². The van der Waals surface area contributed by atoms with Crippen molar-refractivity contribution >= 4 is 0 Å². The molecule has 22 heavy (non-hydrogen) atoms. The second-order valence-corrected chi connectivity index (χ2v) is 6.17. The fourth-order valence-corrected chi connectivity index (χ4v) is 3.13. The average molecular weight is 303 g/mol. The summed E-state index contributed by atoms with van der Waals surface area (Å²) >= 11 is 0. The van der Waals surface area contributed by atoms with Crippen LogP contribution in [0.5, 0.6) is 0 Å². The third-order valence-electron chi connectivity index (χ3n) is 4.66. The third-order valence-corrected chi connectivity index (χ3v) is 4.66. The summed E-state index contributed by atoms with van der Waals surface area (Å²) in [7, 11) is 0. The molecule has 1 aliphatic heterocycles. The van der Waals surface area contributed by atoms with Crippen molar-refractivity contribution in [3.05, 3.63) is 29.7 Å². The van der Waals surface area contributed by atoms with Crippen LogP contribution in [0.2, 0.25) is 0 Å². The van der Waals surface area contributed by atoms with E-state index < -0.39 is 0 Å². The Hall–Kier alpha value is -1.69. The zero-order valence-corrected chi connectivity index (χ0v) is 13.5. The highest BCUT2D eigenvalue weighted by Gasteiger charge is 2.27. The third kappa shape index (κ3) is 3.38. The van der Waals surface area contributed by atoms with E-state index in [9.17, 15) is 0 Å². The topological polar surface area (TPSA) is 70.8 Å². The molecule has 1 fully saturated rings. The second-order valence-electron chi connectivity index (χ2n) is 6.17. The first kappa shape index (κ1) is 15.2. The Morgan fingerprint density at radius 3 is 2.91 bits per heavy atom. The number of hydrogen-bond donors (Lipinski definition) is 1. The van der Waals surface area contributed by atoms with Gasteiger partial charge < -0.3 is 4.52 Å². The first-order chi connectivity index (χ1) is 10.8. The van der Waals surface area contributed by atoms with E-state index in [0.717, 1.165) is 56.9 Å². The normalized spacial score (nSPS) is 18.6. The molecule has 0 aliphatic carbocycles. The summed E-state index contributed by atoms with van der Waals surface area (Å²) in [6, 6.07) is 0.202. The van der Waals surface area contributed by atoms with Gasteiger partial charge in [-0.3, -0.25) is 10.00 Å². The quantitative estimate of drug-likeness (QED) is 0.888. The molecule has 1 aliphatic rings. The average Bonchev–Trinajstić information content (AvgIpc) is 3.24. The number of unbranched alkanes of at least 4 members (excludes halogenated alkanes) is 1. The molecule has 0 spiro atoms. The minimum Gasteiger partial charge on any atom is -0.338 e. The molecule has 2 aromatic rings. The van der Waals surface area contributed by atoms with Crippen LogP contribution in [0.4, 0.5) is 0 Å². The van der Waals surface area contributed by atoms with Gasteiger partial charge in [0.05, 0.1) is 12.2 Å². The van der Waals surface area contributed by atoms with Gasteiger partial charge in [0.1, 0.15) is 0 Å². The fourth-order valence-electron chi connectivity index (χ4n) is 3.13. The molecule has 0 radical (unpaired) electrons. The molecule has 1 saturated heterocycles. The van der Waals surface area contributed by atoms with Crippen LogP contribution in [0.3, 0.4) is 0 Å². The van der Waals surface area contributed by atoms with Gasteiger partial charge in [0.15, 0.2) is 5.82 Å². The molecule has 1 atom stereocenters. The second kappa shape index (κ2) is 7.05. The largest absolute Gasteiger partial charge is 0.338 e. The fraction of sp³-hybridized carbons (Fsp3) is 0.688. The maximum absolute atomic E-state index is 5.46. The summed E-state index contributed by atoms with van der Waals surface area (Å²) in [5.41, 5.74) is 1.33. The molecule has 0 amide bonds. The standard InChI is InChI=1S/C16H25N5O/c1-3-4-5-15-19-16(22-20-15)12(2)21-8-6-13(7-9-21)14-10-17-18-11-14/h10-13H,3-9H2,1-2H3,(H,17,18). The minimum absolute atomic E-state index is 0.202. The zero-order valence-electron chi connectivity index (χ0n) is 13.5. The molecular formula is C16H25N5O. The molecule has 3 rings (SSSR count). The van der Waals surface area contributed by atoms with Gasteiger partial charge in [0.25, 0.3) is 0 Å². The number of rotatable bonds is 6. The maximum atomic E-state index is 5.46. The predicted molar refractivity (Wildman–Crippen MR) is 83.5 cm³/mol. The van der Waals surface area contributed by atoms with E-state index in [1.165, 1.54) is 5.56 Å². The van der Waals surface area contributed by atoms with E-state index in [-0.39, 0.29) is 6.04 Å². The molecule has 0 bridgehead atoms. The zero-order chi connectivity index (χ0) is 15.4. The van der Waals surface area contributed by atoms with Crippen LogP contribution < -0.4 is 0 Å². The van der Waals surface area contributed by atoms with E-state index >= 15 is 0 Å². The number of aromatic amines is 1. The lowest BCUT2D eigenvalue weighted by molar-refractivity contribution is 0.136. The highest BCUT2D eigenvalue weighted by molar-refractivity contribution is 5.11. The summed E-state index contributed by atoms with van der Waals surface area (Å²) in [6.07, 6.45) is 9.45. The van der Waals surface area contributed by atoms with E-state index in [4.69, 9.17) is 4.52 Å². The van der Waals surface area contributed by atoms with Crippen LogP contribution in [-0.4, -0.2) is 38.3 Å². The van der Waals surface area contributed by atoms with E-state index in [0.29, 0.717) is 5.92 Å². The van der Waals surface area contributed by atoms with Gasteiger partial charge in [-0.15, -0.1) is 0 Å². The van der Waals surface area contributed by atoms with E-state index in [2.05, 4.69) is 39.1 Å². The highest BCUT2D eigenvalue weighted by Crippen LogP contribution is 2.31. The number of nitrogens with one attached hydrogen (secondary N) is 1. The molecule has 6 nitrogen and oxygen atoms in total. The number of aromatic nitrogens is 4. The van der Waals surface area contributed by atoms with Crippen LogP contribution in [-0.2, 0) is 6.42 Å². The van der Waals surface area contributed by atoms with Crippen LogP contribution >= 0.6 is 0 Å². The van der Waals surface area contributed by atoms with Crippen molar-refractivity contribution < 1.29 is 4.52 Å². The molecule has 1 unspecified atom stereocenters. The van der Waals surface area contributed by atoms with Crippen molar-refractivity contribution in [2.75, 3.05) is 13.1 Å². The summed E-state index contributed by atoms with van der Waals surface area (Å²) in [5, 5.41) is 11.1. The van der Waals surface area contributed by atoms with Gasteiger partial charge in [-0.25, -0.2) is 0 Å². The molecule has 6 heteroatoms. The number of piperidine rings is 1. The van der Waals surface area contributed by atoms with Crippen molar-refractivity contribution in [3.63, 3.8) is 0 Å². The Kier molecular flexibility index (Phi) is 4.87. The lowest BCUT2D eigenvalue weighted by atomic mass is 9.91. The number of H-pyrrole nitrogens is 1. The lowest BCUT2D eigenvalue weighted by Gasteiger charge is -2.34. The molecule has 0 saturated carbocycles. The molecule has 3 heterocycles. The number of aryl methyl sites for hydroxylation is 1. The summed E-state index contributed by atoms with van der Waals surface area (Å²) in [4.78, 5) is 7.00. The van der Waals surface area contributed by atoms with Crippen LogP contribution in [0.25, 0.3) is 0 Å². The minimum atomic E-state index is 0.202. The van der Waals surface area contributed by atoms with Gasteiger partial charge in [-0.2, -0.15) is 10.1 Å². The van der Waals surface area contributed by atoms with Crippen molar-refractivity contribution in [3.8, 4) is 0 Å². The number of nitrogens with zero attached hydrogens (tertiary/aromatic N) is 4. The summed E-state index contributed by atoms with van der Waals surface area (Å²) in [5.74, 6) is 2.22. The Balaban J connectivity index is 1.55. The molecular weight excluding hydrogens is 278 g/mol. The highest BCUT2D eigenvalue weighted by atomic mass is 16.5. The molecule has 0 aromatic carbocycles. The Bertz CT molecular complexity index is 557. The SMILES string of the molecule is CCCCc1noc(C(C)N2CCC(c3cn[nH]c3)CC2)n1. The van der Waals surface area contributed by atoms with Crippen LogP contribution in [0.15, 0.2) is 16.9 Å². The Labute approximate surface area is 131 Å².